The highest BCUT2D eigenvalue weighted by molar-refractivity contribution is 5.71. The van der Waals surface area contributed by atoms with Crippen LogP contribution in [0.3, 0.4) is 0 Å². The fourth-order valence-electron chi connectivity index (χ4n) is 9.52. The van der Waals surface area contributed by atoms with E-state index in [1.165, 1.54) is 231 Å². The van der Waals surface area contributed by atoms with Crippen LogP contribution in [-0.4, -0.2) is 87.4 Å². The zero-order valence-electron chi connectivity index (χ0n) is 49.8. The Labute approximate surface area is 458 Å². The highest BCUT2D eigenvalue weighted by Gasteiger charge is 2.25. The molecule has 0 aromatic rings. The number of carboxylic acid groups (broad SMARTS) is 1. The maximum absolute atomic E-state index is 12.9. The number of carboxylic acids is 1. The van der Waals surface area contributed by atoms with Crippen LogP contribution in [0.4, 0.5) is 0 Å². The molecule has 0 amide bonds. The number of rotatable bonds is 60. The second-order valence-electron chi connectivity index (χ2n) is 23.1. The predicted molar refractivity (Wildman–Crippen MR) is 314 cm³/mol. The Hall–Kier alpha value is -2.23. The van der Waals surface area contributed by atoms with E-state index in [1.54, 1.807) is 0 Å². The van der Waals surface area contributed by atoms with E-state index in [2.05, 4.69) is 38.2 Å². The van der Waals surface area contributed by atoms with Gasteiger partial charge >= 0.3 is 17.9 Å². The summed E-state index contributed by atoms with van der Waals surface area (Å²) in [4.78, 5) is 37.4. The van der Waals surface area contributed by atoms with Gasteiger partial charge in [0.05, 0.1) is 34.4 Å². The van der Waals surface area contributed by atoms with E-state index in [4.69, 9.17) is 18.9 Å². The van der Waals surface area contributed by atoms with E-state index in [9.17, 15) is 19.5 Å². The highest BCUT2D eigenvalue weighted by Crippen LogP contribution is 2.18. The maximum atomic E-state index is 12.9. The van der Waals surface area contributed by atoms with Crippen molar-refractivity contribution in [3.8, 4) is 0 Å². The van der Waals surface area contributed by atoms with Gasteiger partial charge in [-0.05, 0) is 44.9 Å². The van der Waals surface area contributed by atoms with Gasteiger partial charge in [0.25, 0.3) is 6.29 Å². The molecule has 9 heteroatoms. The third-order valence-electron chi connectivity index (χ3n) is 14.5. The van der Waals surface area contributed by atoms with Crippen LogP contribution in [0, 0.1) is 0 Å². The lowest BCUT2D eigenvalue weighted by Crippen LogP contribution is -2.40. The van der Waals surface area contributed by atoms with Gasteiger partial charge < -0.3 is 28.5 Å². The molecule has 2 atom stereocenters. The zero-order valence-corrected chi connectivity index (χ0v) is 49.8. The van der Waals surface area contributed by atoms with Crippen molar-refractivity contribution >= 4 is 17.9 Å². The van der Waals surface area contributed by atoms with E-state index in [0.717, 1.165) is 51.4 Å². The quantitative estimate of drug-likeness (QED) is 0.0211. The fraction of sp³-hybridized carbons (Fsp3) is 0.892. The minimum absolute atomic E-state index is 0.180. The first-order valence-electron chi connectivity index (χ1n) is 32.0. The maximum Gasteiger partial charge on any atom is 0.361 e. The summed E-state index contributed by atoms with van der Waals surface area (Å²) in [6, 6.07) is 0. The topological polar surface area (TPSA) is 108 Å². The Bertz CT molecular complexity index is 1260. The number of nitrogens with zero attached hydrogens (tertiary/aromatic N) is 1. The third-order valence-corrected chi connectivity index (χ3v) is 14.5. The van der Waals surface area contributed by atoms with E-state index in [0.29, 0.717) is 23.9 Å². The molecule has 0 aromatic heterocycles. The van der Waals surface area contributed by atoms with Crippen LogP contribution in [-0.2, 0) is 33.3 Å². The first-order chi connectivity index (χ1) is 36.1. The molecule has 0 radical (unpaired) electrons. The molecule has 0 aromatic carbocycles. The summed E-state index contributed by atoms with van der Waals surface area (Å²) in [5, 5.41) is 9.71. The number of ether oxygens (including phenoxy) is 4. The standard InChI is InChI=1S/C65H123NO8/c1-6-8-10-12-14-16-18-20-22-24-25-26-27-28-29-30-31-32-33-34-35-36-37-38-40-41-43-45-47-49-51-53-55-62(67)72-59-61(60-73-65(64(69)70)71-58-57-66(3,4)5)74-63(68)56-54-52-50-48-46-44-42-39-23-21-19-17-15-13-11-9-7-2/h15,17,21,23,61,65H,6-14,16,18-20,22,24-60H2,1-5H3/p+1/b17-15-,23-21-. The molecule has 436 valence electrons. The second-order valence-corrected chi connectivity index (χ2v) is 23.1. The first-order valence-corrected chi connectivity index (χ1v) is 32.0. The summed E-state index contributed by atoms with van der Waals surface area (Å²) in [6.07, 6.45) is 65.7. The SMILES string of the molecule is CCCCC/C=C\C/C=C\CCCCCCCCCC(=O)OC(COC(=O)CCCCCCCCCCCCCCCCCCCCCCCCCCCCCCCCCC)COC(OCC[N+](C)(C)C)C(=O)O. The molecule has 9 nitrogen and oxygen atoms in total. The molecule has 0 heterocycles. The number of quaternary nitrogens is 1. The van der Waals surface area contributed by atoms with Crippen molar-refractivity contribution in [2.75, 3.05) is 47.5 Å². The summed E-state index contributed by atoms with van der Waals surface area (Å²) < 4.78 is 22.9. The summed E-state index contributed by atoms with van der Waals surface area (Å²) >= 11 is 0. The number of unbranched alkanes of at least 4 members (excludes halogenated alkanes) is 41. The molecule has 0 saturated heterocycles. The van der Waals surface area contributed by atoms with Gasteiger partial charge in [-0.15, -0.1) is 0 Å². The van der Waals surface area contributed by atoms with Crippen molar-refractivity contribution in [1.82, 2.24) is 0 Å². The van der Waals surface area contributed by atoms with Crippen LogP contribution in [0.5, 0.6) is 0 Å². The highest BCUT2D eigenvalue weighted by atomic mass is 16.7. The molecular weight excluding hydrogens is 923 g/mol. The zero-order chi connectivity index (χ0) is 54.1. The number of likely N-dealkylation sites (N-methyl/N-ethyl adjacent to an activating group) is 1. The average Bonchev–Trinajstić information content (AvgIpc) is 3.37. The normalized spacial score (nSPS) is 12.8. The van der Waals surface area contributed by atoms with Crippen LogP contribution >= 0.6 is 0 Å². The molecule has 0 rings (SSSR count). The largest absolute Gasteiger partial charge is 0.477 e. The molecule has 0 aliphatic heterocycles. The van der Waals surface area contributed by atoms with Gasteiger partial charge in [-0.1, -0.05) is 282 Å². The van der Waals surface area contributed by atoms with Gasteiger partial charge in [-0.25, -0.2) is 4.79 Å². The second kappa shape index (κ2) is 57.0. The lowest BCUT2D eigenvalue weighted by Gasteiger charge is -2.25. The van der Waals surface area contributed by atoms with E-state index in [-0.39, 0.29) is 32.2 Å². The Morgan fingerprint density at radius 1 is 0.405 bits per heavy atom. The average molecular weight is 1050 g/mol. The summed E-state index contributed by atoms with van der Waals surface area (Å²) in [7, 11) is 5.98. The lowest BCUT2D eigenvalue weighted by molar-refractivity contribution is -0.870. The molecule has 2 unspecified atom stereocenters. The van der Waals surface area contributed by atoms with Gasteiger partial charge in [0.15, 0.2) is 6.10 Å². The predicted octanol–water partition coefficient (Wildman–Crippen LogP) is 19.1. The van der Waals surface area contributed by atoms with Crippen molar-refractivity contribution in [1.29, 1.82) is 0 Å². The molecule has 0 saturated carbocycles. The summed E-state index contributed by atoms with van der Waals surface area (Å²) in [6.45, 7) is 4.90. The Kier molecular flexibility index (Phi) is 55.2. The smallest absolute Gasteiger partial charge is 0.361 e. The monoisotopic (exact) mass is 1050 g/mol. The van der Waals surface area contributed by atoms with Gasteiger partial charge in [0.2, 0.25) is 0 Å². The minimum Gasteiger partial charge on any atom is -0.477 e. The number of esters is 2. The number of carbonyl (C=O) groups is 3. The Morgan fingerprint density at radius 3 is 1.09 bits per heavy atom. The minimum atomic E-state index is -1.51. The molecule has 0 spiro atoms. The molecule has 0 aliphatic carbocycles. The van der Waals surface area contributed by atoms with E-state index < -0.39 is 24.3 Å². The van der Waals surface area contributed by atoms with Gasteiger partial charge in [0.1, 0.15) is 13.2 Å². The first kappa shape index (κ1) is 71.8. The van der Waals surface area contributed by atoms with Crippen LogP contribution in [0.15, 0.2) is 24.3 Å². The van der Waals surface area contributed by atoms with Crippen molar-refractivity contribution in [2.24, 2.45) is 0 Å². The van der Waals surface area contributed by atoms with Gasteiger partial charge in [-0.3, -0.25) is 9.59 Å². The van der Waals surface area contributed by atoms with Crippen LogP contribution in [0.25, 0.3) is 0 Å². The number of hydrogen-bond acceptors (Lipinski definition) is 7. The van der Waals surface area contributed by atoms with Crippen molar-refractivity contribution in [3.63, 3.8) is 0 Å². The van der Waals surface area contributed by atoms with E-state index >= 15 is 0 Å². The molecule has 0 bridgehead atoms. The molecule has 74 heavy (non-hydrogen) atoms. The van der Waals surface area contributed by atoms with Crippen LogP contribution in [0.2, 0.25) is 0 Å². The number of allylic oxidation sites excluding steroid dienone is 4. The number of hydrogen-bond donors (Lipinski definition) is 1. The Morgan fingerprint density at radius 2 is 0.730 bits per heavy atom. The number of carbonyl (C=O) groups excluding carboxylic acids is 2. The lowest BCUT2D eigenvalue weighted by atomic mass is 10.0. The summed E-state index contributed by atoms with van der Waals surface area (Å²) in [5.41, 5.74) is 0. The van der Waals surface area contributed by atoms with Crippen LogP contribution < -0.4 is 0 Å². The fourth-order valence-corrected chi connectivity index (χ4v) is 9.52. The number of aliphatic carboxylic acids is 1. The molecule has 1 N–H and O–H groups in total. The third kappa shape index (κ3) is 57.5. The van der Waals surface area contributed by atoms with E-state index in [1.807, 2.05) is 21.1 Å². The molecule has 0 fully saturated rings. The van der Waals surface area contributed by atoms with Gasteiger partial charge in [0, 0.05) is 12.8 Å². The van der Waals surface area contributed by atoms with Crippen molar-refractivity contribution in [3.05, 3.63) is 24.3 Å². The van der Waals surface area contributed by atoms with Gasteiger partial charge in [-0.2, -0.15) is 0 Å². The Balaban J connectivity index is 4.04. The summed E-state index contributed by atoms with van der Waals surface area (Å²) in [5.74, 6) is -1.99. The molecular formula is C65H124NO8+. The van der Waals surface area contributed by atoms with Crippen LogP contribution in [0.1, 0.15) is 316 Å². The molecule has 0 aliphatic rings. The van der Waals surface area contributed by atoms with Crippen molar-refractivity contribution < 1.29 is 42.9 Å². The van der Waals surface area contributed by atoms with Crippen molar-refractivity contribution in [2.45, 2.75) is 328 Å².